The summed E-state index contributed by atoms with van der Waals surface area (Å²) in [5.74, 6) is -1.36. The number of aliphatic carboxylic acids is 1. The number of carboxylic acids is 1. The third-order valence-corrected chi connectivity index (χ3v) is 8.43. The molecule has 2 aliphatic rings. The topological polar surface area (TPSA) is 179 Å². The molecular weight excluding hydrogens is 552 g/mol. The van der Waals surface area contributed by atoms with Crippen molar-refractivity contribution < 1.29 is 32.6 Å². The summed E-state index contributed by atoms with van der Waals surface area (Å²) in [5, 5.41) is 21.3. The van der Waals surface area contributed by atoms with Gasteiger partial charge in [-0.2, -0.15) is 4.31 Å². The predicted molar refractivity (Wildman–Crippen MR) is 151 cm³/mol. The highest BCUT2D eigenvalue weighted by Crippen LogP contribution is 2.22. The number of carboxylic acid groups (broad SMARTS) is 1. The Labute approximate surface area is 238 Å². The summed E-state index contributed by atoms with van der Waals surface area (Å²) in [6.07, 6.45) is 1.85. The van der Waals surface area contributed by atoms with Crippen LogP contribution in [-0.4, -0.2) is 86.6 Å². The van der Waals surface area contributed by atoms with Gasteiger partial charge in [0.2, 0.25) is 21.8 Å². The van der Waals surface area contributed by atoms with Gasteiger partial charge in [-0.3, -0.25) is 14.6 Å². The Hall–Kier alpha value is -4.01. The number of amides is 2. The number of hydrogen-bond donors (Lipinski definition) is 5. The summed E-state index contributed by atoms with van der Waals surface area (Å²) in [6.45, 7) is 1.83. The van der Waals surface area contributed by atoms with Gasteiger partial charge in [0.15, 0.2) is 5.96 Å². The van der Waals surface area contributed by atoms with E-state index in [9.17, 15) is 27.9 Å². The molecule has 2 aliphatic heterocycles. The molecule has 0 aromatic heterocycles. The van der Waals surface area contributed by atoms with E-state index in [4.69, 9.17) is 4.74 Å². The average Bonchev–Trinajstić information content (AvgIpc) is 3.67. The van der Waals surface area contributed by atoms with E-state index in [2.05, 4.69) is 26.3 Å². The summed E-state index contributed by atoms with van der Waals surface area (Å²) >= 11 is 0. The number of ether oxygens (including phenoxy) is 1. The number of sulfonamides is 1. The molecule has 0 saturated carbocycles. The highest BCUT2D eigenvalue weighted by atomic mass is 32.2. The highest BCUT2D eigenvalue weighted by Gasteiger charge is 2.41. The maximum Gasteiger partial charge on any atom is 0.326 e. The largest absolute Gasteiger partial charge is 0.480 e. The van der Waals surface area contributed by atoms with Crippen molar-refractivity contribution in [2.75, 3.05) is 38.3 Å². The van der Waals surface area contributed by atoms with Crippen LogP contribution in [-0.2, 0) is 35.6 Å². The number of guanidine groups is 1. The molecule has 2 aromatic rings. The molecule has 13 nitrogen and oxygen atoms in total. The number of nitrogens with zero attached hydrogens (tertiary/aromatic N) is 2. The number of anilines is 1. The molecule has 1 saturated heterocycles. The molecule has 5 N–H and O–H groups in total. The molecule has 2 heterocycles. The minimum atomic E-state index is -4.02. The first-order valence-corrected chi connectivity index (χ1v) is 14.8. The molecule has 2 aromatic carbocycles. The van der Waals surface area contributed by atoms with Gasteiger partial charge in [-0.25, -0.2) is 13.2 Å². The fourth-order valence-corrected chi connectivity index (χ4v) is 5.86. The van der Waals surface area contributed by atoms with Crippen LogP contribution in [0.4, 0.5) is 5.69 Å². The molecule has 220 valence electrons. The quantitative estimate of drug-likeness (QED) is 0.209. The van der Waals surface area contributed by atoms with Gasteiger partial charge in [0.25, 0.3) is 0 Å². The van der Waals surface area contributed by atoms with Gasteiger partial charge in [0.1, 0.15) is 18.8 Å². The van der Waals surface area contributed by atoms with Crippen molar-refractivity contribution in [2.45, 2.75) is 42.7 Å². The first-order valence-electron chi connectivity index (χ1n) is 13.3. The zero-order chi connectivity index (χ0) is 29.2. The number of hydrogen-bond acceptors (Lipinski definition) is 9. The zero-order valence-corrected chi connectivity index (χ0v) is 23.2. The molecule has 2 atom stereocenters. The molecule has 2 amide bonds. The van der Waals surface area contributed by atoms with Crippen molar-refractivity contribution in [1.82, 2.24) is 20.3 Å². The molecule has 0 bridgehead atoms. The summed E-state index contributed by atoms with van der Waals surface area (Å²) in [7, 11) is -4.02. The lowest BCUT2D eigenvalue weighted by atomic mass is 10.0. The number of rotatable bonds is 13. The number of benzene rings is 2. The minimum absolute atomic E-state index is 0.00886. The molecule has 14 heteroatoms. The molecule has 0 radical (unpaired) electrons. The van der Waals surface area contributed by atoms with Crippen LogP contribution in [0, 0.1) is 0 Å². The molecule has 0 unspecified atom stereocenters. The van der Waals surface area contributed by atoms with E-state index in [-0.39, 0.29) is 30.6 Å². The summed E-state index contributed by atoms with van der Waals surface area (Å²) in [5.41, 5.74) is 1.18. The summed E-state index contributed by atoms with van der Waals surface area (Å²) in [6, 6.07) is 11.8. The Morgan fingerprint density at radius 2 is 1.85 bits per heavy atom. The van der Waals surface area contributed by atoms with Gasteiger partial charge in [-0.15, -0.1) is 0 Å². The summed E-state index contributed by atoms with van der Waals surface area (Å²) < 4.78 is 32.2. The Morgan fingerprint density at radius 1 is 1.10 bits per heavy atom. The third kappa shape index (κ3) is 8.25. The van der Waals surface area contributed by atoms with Gasteiger partial charge in [0, 0.05) is 31.6 Å². The van der Waals surface area contributed by atoms with Crippen molar-refractivity contribution in [3.63, 3.8) is 0 Å². The second-order valence-corrected chi connectivity index (χ2v) is 11.5. The minimum Gasteiger partial charge on any atom is -0.480 e. The van der Waals surface area contributed by atoms with Crippen LogP contribution in [0.3, 0.4) is 0 Å². The van der Waals surface area contributed by atoms with E-state index in [0.717, 1.165) is 36.3 Å². The fourth-order valence-electron chi connectivity index (χ4n) is 4.38. The van der Waals surface area contributed by atoms with Crippen molar-refractivity contribution in [3.8, 4) is 0 Å². The van der Waals surface area contributed by atoms with Crippen LogP contribution in [0.1, 0.15) is 24.8 Å². The van der Waals surface area contributed by atoms with Crippen molar-refractivity contribution in [1.29, 1.82) is 0 Å². The Kier molecular flexibility index (Phi) is 10.3. The van der Waals surface area contributed by atoms with Crippen LogP contribution in [0.25, 0.3) is 0 Å². The van der Waals surface area contributed by atoms with Gasteiger partial charge in [-0.1, -0.05) is 30.3 Å². The van der Waals surface area contributed by atoms with E-state index in [1.165, 1.54) is 12.1 Å². The van der Waals surface area contributed by atoms with Crippen molar-refractivity contribution >= 4 is 39.5 Å². The van der Waals surface area contributed by atoms with Gasteiger partial charge >= 0.3 is 5.97 Å². The number of unbranched alkanes of at least 4 members (excludes halogenated alkanes) is 1. The average molecular weight is 587 g/mol. The smallest absolute Gasteiger partial charge is 0.326 e. The van der Waals surface area contributed by atoms with Crippen LogP contribution in [0.15, 0.2) is 64.5 Å². The van der Waals surface area contributed by atoms with Crippen LogP contribution >= 0.6 is 0 Å². The lowest BCUT2D eigenvalue weighted by Crippen LogP contribution is -2.52. The summed E-state index contributed by atoms with van der Waals surface area (Å²) in [4.78, 5) is 41.4. The SMILES string of the molecule is O=C(CCCCNC1=NCCN1)Nc1ccc(C[C@H](NC(=O)[C@@H]2COCN2S(=O)(=O)c2ccccc2)C(=O)O)cc1. The lowest BCUT2D eigenvalue weighted by Gasteiger charge is -2.23. The van der Waals surface area contributed by atoms with E-state index in [1.807, 2.05) is 0 Å². The Bertz CT molecular complexity index is 1350. The second kappa shape index (κ2) is 14.1. The maximum absolute atomic E-state index is 13.0. The zero-order valence-electron chi connectivity index (χ0n) is 22.4. The first kappa shape index (κ1) is 30.0. The predicted octanol–water partition coefficient (Wildman–Crippen LogP) is 0.503. The second-order valence-electron chi connectivity index (χ2n) is 9.61. The van der Waals surface area contributed by atoms with Gasteiger partial charge < -0.3 is 31.1 Å². The van der Waals surface area contributed by atoms with Crippen molar-refractivity contribution in [3.05, 3.63) is 60.2 Å². The normalized spacial score (nSPS) is 17.8. The molecule has 41 heavy (non-hydrogen) atoms. The number of nitrogens with one attached hydrogen (secondary N) is 4. The van der Waals surface area contributed by atoms with Crippen LogP contribution < -0.4 is 21.3 Å². The lowest BCUT2D eigenvalue weighted by molar-refractivity contribution is -0.142. The molecule has 0 spiro atoms. The molecule has 4 rings (SSSR count). The first-order chi connectivity index (χ1) is 19.7. The Morgan fingerprint density at radius 3 is 2.54 bits per heavy atom. The fraction of sp³-hybridized carbons (Fsp3) is 0.407. The number of carbonyl (C=O) groups is 3. The molecular formula is C27H34N6O7S. The van der Waals surface area contributed by atoms with Crippen molar-refractivity contribution in [2.24, 2.45) is 4.99 Å². The van der Waals surface area contributed by atoms with E-state index in [0.29, 0.717) is 24.1 Å². The number of carbonyl (C=O) groups excluding carboxylic acids is 2. The highest BCUT2D eigenvalue weighted by molar-refractivity contribution is 7.89. The number of aliphatic imine (C=N–C) groups is 1. The van der Waals surface area contributed by atoms with Crippen LogP contribution in [0.5, 0.6) is 0 Å². The van der Waals surface area contributed by atoms with Gasteiger partial charge in [0.05, 0.1) is 18.0 Å². The van der Waals surface area contributed by atoms with E-state index >= 15 is 0 Å². The van der Waals surface area contributed by atoms with Crippen LogP contribution in [0.2, 0.25) is 0 Å². The van der Waals surface area contributed by atoms with E-state index < -0.39 is 34.0 Å². The van der Waals surface area contributed by atoms with Gasteiger partial charge in [-0.05, 0) is 42.7 Å². The molecule has 0 aliphatic carbocycles. The monoisotopic (exact) mass is 586 g/mol. The molecule has 1 fully saturated rings. The van der Waals surface area contributed by atoms with E-state index in [1.54, 1.807) is 42.5 Å². The maximum atomic E-state index is 13.0. The Balaban J connectivity index is 1.26. The standard InChI is InChI=1S/C27H34N6O7S/c34-24(8-4-5-13-28-27-29-14-15-30-27)31-20-11-9-19(10-12-20)16-22(26(36)37)32-25(35)23-17-40-18-33(23)41(38,39)21-6-2-1-3-7-21/h1-3,6-7,9-12,22-23H,4-5,8,13-18H2,(H,31,34)(H,32,35)(H,36,37)(H2,28,29,30)/t22-,23-/m0/s1. The third-order valence-electron chi connectivity index (χ3n) is 6.58.